The van der Waals surface area contributed by atoms with E-state index in [9.17, 15) is 18.0 Å². The standard InChI is InChI=1S/C17H19F3N4O2S/c18-17(19,20)16-21-15(22-26-16)13-8-11-9-24(7-4-12(11)27-13)14(25)10-23-5-2-1-3-6-23/h8H,1-7,9-10H2. The van der Waals surface area contributed by atoms with Crippen molar-refractivity contribution in [2.45, 2.75) is 38.4 Å². The minimum Gasteiger partial charge on any atom is -0.337 e. The van der Waals surface area contributed by atoms with E-state index in [0.717, 1.165) is 36.4 Å². The minimum atomic E-state index is -4.65. The molecule has 0 radical (unpaired) electrons. The number of hydrogen-bond acceptors (Lipinski definition) is 6. The molecule has 6 nitrogen and oxygen atoms in total. The van der Waals surface area contributed by atoms with Crippen molar-refractivity contribution in [2.75, 3.05) is 26.2 Å². The Kier molecular flexibility index (Phi) is 4.94. The van der Waals surface area contributed by atoms with Crippen molar-refractivity contribution >= 4 is 17.2 Å². The number of carbonyl (C=O) groups is 1. The van der Waals surface area contributed by atoms with Gasteiger partial charge in [-0.15, -0.1) is 11.3 Å². The van der Waals surface area contributed by atoms with Crippen LogP contribution in [0.15, 0.2) is 10.6 Å². The lowest BCUT2D eigenvalue weighted by atomic mass is 10.1. The molecule has 146 valence electrons. The number of thiophene rings is 1. The van der Waals surface area contributed by atoms with Crippen LogP contribution in [0, 0.1) is 0 Å². The molecule has 0 aromatic carbocycles. The molecule has 0 bridgehead atoms. The SMILES string of the molecule is O=C(CN1CCCCC1)N1CCc2sc(-c3noc(C(F)(F)F)n3)cc2C1. The lowest BCUT2D eigenvalue weighted by Gasteiger charge is -2.31. The van der Waals surface area contributed by atoms with E-state index in [1.165, 1.54) is 17.8 Å². The van der Waals surface area contributed by atoms with E-state index in [-0.39, 0.29) is 11.7 Å². The second-order valence-corrected chi connectivity index (χ2v) is 8.02. The number of nitrogens with zero attached hydrogens (tertiary/aromatic N) is 4. The van der Waals surface area contributed by atoms with E-state index >= 15 is 0 Å². The zero-order valence-corrected chi connectivity index (χ0v) is 15.4. The lowest BCUT2D eigenvalue weighted by Crippen LogP contribution is -2.43. The van der Waals surface area contributed by atoms with Gasteiger partial charge in [0.1, 0.15) is 0 Å². The average molecular weight is 400 g/mol. The van der Waals surface area contributed by atoms with Crippen LogP contribution in [-0.4, -0.2) is 52.0 Å². The Hall–Kier alpha value is -1.94. The first-order chi connectivity index (χ1) is 12.9. The Morgan fingerprint density at radius 3 is 2.70 bits per heavy atom. The monoisotopic (exact) mass is 400 g/mol. The van der Waals surface area contributed by atoms with Crippen molar-refractivity contribution in [3.8, 4) is 10.7 Å². The van der Waals surface area contributed by atoms with Gasteiger partial charge in [0, 0.05) is 18.0 Å². The number of piperidine rings is 1. The number of hydrogen-bond donors (Lipinski definition) is 0. The van der Waals surface area contributed by atoms with Crippen molar-refractivity contribution in [1.29, 1.82) is 0 Å². The van der Waals surface area contributed by atoms with Crippen LogP contribution in [0.5, 0.6) is 0 Å². The van der Waals surface area contributed by atoms with Crippen molar-refractivity contribution in [1.82, 2.24) is 19.9 Å². The Labute approximate surface area is 157 Å². The summed E-state index contributed by atoms with van der Waals surface area (Å²) in [5.41, 5.74) is 0.951. The van der Waals surface area contributed by atoms with Crippen LogP contribution >= 0.6 is 11.3 Å². The normalized spacial score (nSPS) is 18.6. The van der Waals surface area contributed by atoms with Gasteiger partial charge >= 0.3 is 12.1 Å². The molecule has 0 saturated carbocycles. The summed E-state index contributed by atoms with van der Waals surface area (Å²) < 4.78 is 42.2. The number of likely N-dealkylation sites (tertiary alicyclic amines) is 1. The highest BCUT2D eigenvalue weighted by molar-refractivity contribution is 7.15. The number of alkyl halides is 3. The summed E-state index contributed by atoms with van der Waals surface area (Å²) in [6, 6.07) is 1.77. The fraction of sp³-hybridized carbons (Fsp3) is 0.588. The van der Waals surface area contributed by atoms with E-state index in [0.29, 0.717) is 30.9 Å². The predicted molar refractivity (Wildman–Crippen MR) is 92.0 cm³/mol. The maximum Gasteiger partial charge on any atom is 0.471 e. The zero-order valence-electron chi connectivity index (χ0n) is 14.6. The lowest BCUT2D eigenvalue weighted by molar-refractivity contribution is -0.159. The third kappa shape index (κ3) is 4.01. The van der Waals surface area contributed by atoms with E-state index in [1.807, 2.05) is 4.90 Å². The van der Waals surface area contributed by atoms with Crippen LogP contribution in [0.1, 0.15) is 35.6 Å². The first-order valence-electron chi connectivity index (χ1n) is 8.93. The third-order valence-electron chi connectivity index (χ3n) is 4.92. The number of rotatable bonds is 3. The Morgan fingerprint density at radius 2 is 2.00 bits per heavy atom. The van der Waals surface area contributed by atoms with Gasteiger partial charge in [-0.1, -0.05) is 11.6 Å². The molecule has 0 spiro atoms. The Morgan fingerprint density at radius 1 is 1.22 bits per heavy atom. The van der Waals surface area contributed by atoms with Crippen LogP contribution in [0.2, 0.25) is 0 Å². The Balaban J connectivity index is 1.44. The molecule has 2 aliphatic rings. The van der Waals surface area contributed by atoms with Gasteiger partial charge in [-0.25, -0.2) is 0 Å². The number of halogens is 3. The molecular formula is C17H19F3N4O2S. The largest absolute Gasteiger partial charge is 0.471 e. The average Bonchev–Trinajstić information content (AvgIpc) is 3.28. The van der Waals surface area contributed by atoms with E-state index in [1.54, 1.807) is 6.07 Å². The molecule has 2 aromatic rings. The molecule has 4 rings (SSSR count). The van der Waals surface area contributed by atoms with Gasteiger partial charge in [-0.2, -0.15) is 18.2 Å². The highest BCUT2D eigenvalue weighted by Gasteiger charge is 2.39. The molecular weight excluding hydrogens is 381 g/mol. The molecule has 0 aliphatic carbocycles. The fourth-order valence-corrected chi connectivity index (χ4v) is 4.59. The molecule has 2 aliphatic heterocycles. The third-order valence-corrected chi connectivity index (χ3v) is 6.15. The van der Waals surface area contributed by atoms with Gasteiger partial charge in [-0.05, 0) is 44.0 Å². The highest BCUT2D eigenvalue weighted by atomic mass is 32.1. The minimum absolute atomic E-state index is 0.0621. The molecule has 0 atom stereocenters. The van der Waals surface area contributed by atoms with Crippen LogP contribution in [-0.2, 0) is 23.9 Å². The first-order valence-corrected chi connectivity index (χ1v) is 9.75. The molecule has 0 unspecified atom stereocenters. The van der Waals surface area contributed by atoms with E-state index < -0.39 is 12.1 Å². The van der Waals surface area contributed by atoms with Crippen molar-refractivity contribution < 1.29 is 22.5 Å². The maximum atomic E-state index is 12.6. The van der Waals surface area contributed by atoms with Crippen molar-refractivity contribution in [3.05, 3.63) is 22.4 Å². The smallest absolute Gasteiger partial charge is 0.337 e. The summed E-state index contributed by atoms with van der Waals surface area (Å²) in [5.74, 6) is -1.30. The van der Waals surface area contributed by atoms with Crippen LogP contribution in [0.25, 0.3) is 10.7 Å². The van der Waals surface area contributed by atoms with Gasteiger partial charge in [0.25, 0.3) is 0 Å². The zero-order chi connectivity index (χ0) is 19.0. The summed E-state index contributed by atoms with van der Waals surface area (Å²) in [7, 11) is 0. The second kappa shape index (κ2) is 7.23. The van der Waals surface area contributed by atoms with Crippen LogP contribution in [0.3, 0.4) is 0 Å². The molecule has 1 amide bonds. The molecule has 1 saturated heterocycles. The van der Waals surface area contributed by atoms with E-state index in [4.69, 9.17) is 0 Å². The topological polar surface area (TPSA) is 62.5 Å². The summed E-state index contributed by atoms with van der Waals surface area (Å²) >= 11 is 1.36. The van der Waals surface area contributed by atoms with Crippen LogP contribution in [0.4, 0.5) is 13.2 Å². The maximum absolute atomic E-state index is 12.6. The Bertz CT molecular complexity index is 827. The number of amides is 1. The van der Waals surface area contributed by atoms with Gasteiger partial charge in [0.05, 0.1) is 11.4 Å². The summed E-state index contributed by atoms with van der Waals surface area (Å²) in [6.07, 6.45) is -0.469. The summed E-state index contributed by atoms with van der Waals surface area (Å²) in [4.78, 5) is 21.6. The molecule has 10 heteroatoms. The van der Waals surface area contributed by atoms with Gasteiger partial charge in [0.2, 0.25) is 11.7 Å². The van der Waals surface area contributed by atoms with Crippen LogP contribution < -0.4 is 0 Å². The van der Waals surface area contributed by atoms with Crippen molar-refractivity contribution in [2.24, 2.45) is 0 Å². The van der Waals surface area contributed by atoms with E-state index in [2.05, 4.69) is 19.6 Å². The van der Waals surface area contributed by atoms with Gasteiger partial charge < -0.3 is 9.42 Å². The molecule has 27 heavy (non-hydrogen) atoms. The quantitative estimate of drug-likeness (QED) is 0.792. The highest BCUT2D eigenvalue weighted by Crippen LogP contribution is 2.35. The van der Waals surface area contributed by atoms with Gasteiger partial charge in [0.15, 0.2) is 0 Å². The molecule has 1 fully saturated rings. The predicted octanol–water partition coefficient (Wildman–Crippen LogP) is 3.19. The summed E-state index contributed by atoms with van der Waals surface area (Å²) in [6.45, 7) is 3.47. The number of fused-ring (bicyclic) bond motifs is 1. The summed E-state index contributed by atoms with van der Waals surface area (Å²) in [5, 5.41) is 3.44. The van der Waals surface area contributed by atoms with Crippen molar-refractivity contribution in [3.63, 3.8) is 0 Å². The first kappa shape index (κ1) is 18.4. The molecule has 4 heterocycles. The fourth-order valence-electron chi connectivity index (χ4n) is 3.50. The number of aromatic nitrogens is 2. The second-order valence-electron chi connectivity index (χ2n) is 6.88. The molecule has 2 aromatic heterocycles. The molecule has 0 N–H and O–H groups in total. The number of carbonyl (C=O) groups excluding carboxylic acids is 1. The van der Waals surface area contributed by atoms with Gasteiger partial charge in [-0.3, -0.25) is 9.69 Å².